The molecule has 0 aromatic carbocycles. The van der Waals surface area contributed by atoms with Gasteiger partial charge in [-0.3, -0.25) is 4.79 Å². The van der Waals surface area contributed by atoms with E-state index >= 15 is 0 Å². The molecule has 0 saturated carbocycles. The second kappa shape index (κ2) is 3.72. The maximum atomic E-state index is 11.0. The van der Waals surface area contributed by atoms with Crippen molar-refractivity contribution in [2.75, 3.05) is 26.7 Å². The van der Waals surface area contributed by atoms with Crippen LogP contribution >= 0.6 is 0 Å². The Morgan fingerprint density at radius 1 is 1.73 bits per heavy atom. The zero-order valence-corrected chi connectivity index (χ0v) is 7.17. The third kappa shape index (κ3) is 1.93. The van der Waals surface area contributed by atoms with Gasteiger partial charge in [-0.25, -0.2) is 0 Å². The highest BCUT2D eigenvalue weighted by molar-refractivity contribution is 5.72. The SMILES string of the molecule is CCN1CC[C@@H](C(=O)OC)C1. The maximum Gasteiger partial charge on any atom is 0.310 e. The average molecular weight is 157 g/mol. The fourth-order valence-corrected chi connectivity index (χ4v) is 1.48. The zero-order valence-electron chi connectivity index (χ0n) is 7.17. The van der Waals surface area contributed by atoms with Crippen LogP contribution in [-0.2, 0) is 9.53 Å². The van der Waals surface area contributed by atoms with Crippen molar-refractivity contribution in [1.82, 2.24) is 4.90 Å². The zero-order chi connectivity index (χ0) is 8.27. The van der Waals surface area contributed by atoms with Gasteiger partial charge in [0, 0.05) is 6.54 Å². The molecule has 0 aromatic heterocycles. The number of hydrogen-bond acceptors (Lipinski definition) is 3. The minimum Gasteiger partial charge on any atom is -0.469 e. The summed E-state index contributed by atoms with van der Waals surface area (Å²) in [6.45, 7) is 5.06. The van der Waals surface area contributed by atoms with E-state index in [4.69, 9.17) is 0 Å². The number of rotatable bonds is 2. The van der Waals surface area contributed by atoms with Crippen molar-refractivity contribution in [1.29, 1.82) is 0 Å². The summed E-state index contributed by atoms with van der Waals surface area (Å²) in [6, 6.07) is 0. The molecule has 1 fully saturated rings. The van der Waals surface area contributed by atoms with E-state index in [-0.39, 0.29) is 11.9 Å². The molecule has 1 aliphatic rings. The molecule has 0 spiro atoms. The Bertz CT molecular complexity index is 147. The summed E-state index contributed by atoms with van der Waals surface area (Å²) in [5.74, 6) is 0.0703. The third-order valence-corrected chi connectivity index (χ3v) is 2.25. The molecule has 0 aromatic rings. The first-order valence-electron chi connectivity index (χ1n) is 4.08. The van der Waals surface area contributed by atoms with Gasteiger partial charge in [-0.15, -0.1) is 0 Å². The first-order chi connectivity index (χ1) is 5.27. The van der Waals surface area contributed by atoms with Crippen molar-refractivity contribution in [3.05, 3.63) is 0 Å². The van der Waals surface area contributed by atoms with E-state index in [1.807, 2.05) is 0 Å². The lowest BCUT2D eigenvalue weighted by Gasteiger charge is -2.11. The van der Waals surface area contributed by atoms with E-state index in [0.717, 1.165) is 26.1 Å². The van der Waals surface area contributed by atoms with Gasteiger partial charge in [-0.05, 0) is 19.5 Å². The number of nitrogens with zero attached hydrogens (tertiary/aromatic N) is 1. The summed E-state index contributed by atoms with van der Waals surface area (Å²) >= 11 is 0. The van der Waals surface area contributed by atoms with Crippen LogP contribution in [0, 0.1) is 5.92 Å². The summed E-state index contributed by atoms with van der Waals surface area (Å²) in [6.07, 6.45) is 0.959. The lowest BCUT2D eigenvalue weighted by Crippen LogP contribution is -2.23. The molecule has 0 amide bonds. The smallest absolute Gasteiger partial charge is 0.310 e. The van der Waals surface area contributed by atoms with Crippen LogP contribution in [0.1, 0.15) is 13.3 Å². The van der Waals surface area contributed by atoms with Crippen LogP contribution < -0.4 is 0 Å². The van der Waals surface area contributed by atoms with Gasteiger partial charge in [0.1, 0.15) is 0 Å². The summed E-state index contributed by atoms with van der Waals surface area (Å²) in [7, 11) is 1.46. The highest BCUT2D eigenvalue weighted by Gasteiger charge is 2.27. The molecule has 11 heavy (non-hydrogen) atoms. The molecule has 1 heterocycles. The summed E-state index contributed by atoms with van der Waals surface area (Å²) in [4.78, 5) is 13.3. The number of carbonyl (C=O) groups is 1. The Kier molecular flexibility index (Phi) is 2.88. The van der Waals surface area contributed by atoms with Gasteiger partial charge in [-0.2, -0.15) is 0 Å². The van der Waals surface area contributed by atoms with Crippen LogP contribution in [0.4, 0.5) is 0 Å². The van der Waals surface area contributed by atoms with E-state index in [1.165, 1.54) is 7.11 Å². The molecule has 0 unspecified atom stereocenters. The minimum absolute atomic E-state index is 0.0547. The molecule has 3 heteroatoms. The second-order valence-electron chi connectivity index (χ2n) is 2.90. The van der Waals surface area contributed by atoms with Crippen molar-refractivity contribution >= 4 is 5.97 Å². The number of likely N-dealkylation sites (tertiary alicyclic amines) is 1. The monoisotopic (exact) mass is 157 g/mol. The van der Waals surface area contributed by atoms with Gasteiger partial charge in [0.15, 0.2) is 0 Å². The molecule has 0 N–H and O–H groups in total. The van der Waals surface area contributed by atoms with Gasteiger partial charge in [0.25, 0.3) is 0 Å². The molecule has 0 bridgehead atoms. The largest absolute Gasteiger partial charge is 0.469 e. The van der Waals surface area contributed by atoms with Crippen molar-refractivity contribution in [2.45, 2.75) is 13.3 Å². The van der Waals surface area contributed by atoms with Crippen LogP contribution in [0.5, 0.6) is 0 Å². The molecule has 1 rings (SSSR count). The molecule has 1 atom stereocenters. The van der Waals surface area contributed by atoms with E-state index < -0.39 is 0 Å². The van der Waals surface area contributed by atoms with Gasteiger partial charge in [0.05, 0.1) is 13.0 Å². The summed E-state index contributed by atoms with van der Waals surface area (Å²) < 4.78 is 4.66. The summed E-state index contributed by atoms with van der Waals surface area (Å²) in [5, 5.41) is 0. The molecule has 1 aliphatic heterocycles. The number of methoxy groups -OCH3 is 1. The quantitative estimate of drug-likeness (QED) is 0.547. The Balaban J connectivity index is 2.35. The third-order valence-electron chi connectivity index (χ3n) is 2.25. The fraction of sp³-hybridized carbons (Fsp3) is 0.875. The predicted molar refractivity (Wildman–Crippen MR) is 42.2 cm³/mol. The van der Waals surface area contributed by atoms with Crippen molar-refractivity contribution in [3.8, 4) is 0 Å². The van der Waals surface area contributed by atoms with E-state index in [1.54, 1.807) is 0 Å². The number of esters is 1. The maximum absolute atomic E-state index is 11.0. The Labute approximate surface area is 67.3 Å². The molecular formula is C8H15NO2. The molecule has 3 nitrogen and oxygen atoms in total. The van der Waals surface area contributed by atoms with E-state index in [2.05, 4.69) is 16.6 Å². The van der Waals surface area contributed by atoms with Crippen molar-refractivity contribution in [3.63, 3.8) is 0 Å². The van der Waals surface area contributed by atoms with Crippen LogP contribution in [0.15, 0.2) is 0 Å². The number of ether oxygens (including phenoxy) is 1. The van der Waals surface area contributed by atoms with Crippen LogP contribution in [-0.4, -0.2) is 37.6 Å². The Morgan fingerprint density at radius 3 is 2.91 bits per heavy atom. The molecule has 1 saturated heterocycles. The van der Waals surface area contributed by atoms with E-state index in [9.17, 15) is 4.79 Å². The molecule has 64 valence electrons. The highest BCUT2D eigenvalue weighted by atomic mass is 16.5. The first-order valence-corrected chi connectivity index (χ1v) is 4.08. The van der Waals surface area contributed by atoms with E-state index in [0.29, 0.717) is 0 Å². The lowest BCUT2D eigenvalue weighted by molar-refractivity contribution is -0.144. The van der Waals surface area contributed by atoms with Gasteiger partial charge < -0.3 is 9.64 Å². The standard InChI is InChI=1S/C8H15NO2/c1-3-9-5-4-7(6-9)8(10)11-2/h7H,3-6H2,1-2H3/t7-/m1/s1. The van der Waals surface area contributed by atoms with Crippen LogP contribution in [0.25, 0.3) is 0 Å². The number of hydrogen-bond donors (Lipinski definition) is 0. The van der Waals surface area contributed by atoms with Crippen molar-refractivity contribution in [2.24, 2.45) is 5.92 Å². The molecule has 0 radical (unpaired) electrons. The second-order valence-corrected chi connectivity index (χ2v) is 2.90. The van der Waals surface area contributed by atoms with Crippen molar-refractivity contribution < 1.29 is 9.53 Å². The fourth-order valence-electron chi connectivity index (χ4n) is 1.48. The first kappa shape index (κ1) is 8.53. The summed E-state index contributed by atoms with van der Waals surface area (Å²) in [5.41, 5.74) is 0. The van der Waals surface area contributed by atoms with Gasteiger partial charge in [-0.1, -0.05) is 6.92 Å². The van der Waals surface area contributed by atoms with Gasteiger partial charge in [0.2, 0.25) is 0 Å². The minimum atomic E-state index is -0.0547. The number of carbonyl (C=O) groups excluding carboxylic acids is 1. The topological polar surface area (TPSA) is 29.5 Å². The van der Waals surface area contributed by atoms with Crippen LogP contribution in [0.3, 0.4) is 0 Å². The normalized spacial score (nSPS) is 25.5. The average Bonchev–Trinajstić information content (AvgIpc) is 2.50. The lowest BCUT2D eigenvalue weighted by atomic mass is 10.1. The molecule has 0 aliphatic carbocycles. The Hall–Kier alpha value is -0.570. The predicted octanol–water partition coefficient (Wildman–Crippen LogP) is 0.501. The highest BCUT2D eigenvalue weighted by Crippen LogP contribution is 2.16. The molecular weight excluding hydrogens is 142 g/mol. The Morgan fingerprint density at radius 2 is 2.45 bits per heavy atom. The van der Waals surface area contributed by atoms with Gasteiger partial charge >= 0.3 is 5.97 Å². The van der Waals surface area contributed by atoms with Crippen LogP contribution in [0.2, 0.25) is 0 Å².